The molecule has 160 valence electrons. The third-order valence-corrected chi connectivity index (χ3v) is 7.14. The number of nitrogens with one attached hydrogen (secondary N) is 1. The first-order valence-electron chi connectivity index (χ1n) is 10.5. The van der Waals surface area contributed by atoms with Gasteiger partial charge in [0.05, 0.1) is 33.7 Å². The summed E-state index contributed by atoms with van der Waals surface area (Å²) in [6, 6.07) is 6.89. The zero-order chi connectivity index (χ0) is 21.9. The lowest BCUT2D eigenvalue weighted by molar-refractivity contribution is 0.00187. The Bertz CT molecular complexity index is 1160. The molecule has 4 heterocycles. The van der Waals surface area contributed by atoms with Crippen LogP contribution in [-0.4, -0.2) is 37.0 Å². The number of aryl methyl sites for hydroxylation is 1. The first kappa shape index (κ1) is 20.5. The van der Waals surface area contributed by atoms with E-state index in [4.69, 9.17) is 33.2 Å². The lowest BCUT2D eigenvalue weighted by atomic mass is 9.71. The predicted molar refractivity (Wildman–Crippen MR) is 120 cm³/mol. The zero-order valence-electron chi connectivity index (χ0n) is 17.6. The van der Waals surface area contributed by atoms with Crippen LogP contribution in [0.15, 0.2) is 30.5 Å². The summed E-state index contributed by atoms with van der Waals surface area (Å²) in [4.78, 5) is 25.4. The van der Waals surface area contributed by atoms with Crippen molar-refractivity contribution in [2.45, 2.75) is 45.7 Å². The summed E-state index contributed by atoms with van der Waals surface area (Å²) in [6.07, 6.45) is 3.47. The fourth-order valence-corrected chi connectivity index (χ4v) is 5.78. The van der Waals surface area contributed by atoms with Gasteiger partial charge < -0.3 is 4.90 Å². The van der Waals surface area contributed by atoms with Crippen LogP contribution >= 0.6 is 23.2 Å². The minimum Gasteiger partial charge on any atom is -0.326 e. The van der Waals surface area contributed by atoms with Gasteiger partial charge in [-0.3, -0.25) is 9.89 Å². The molecule has 1 amide bonds. The third-order valence-electron chi connectivity index (χ3n) is 6.59. The molecule has 5 rings (SSSR count). The van der Waals surface area contributed by atoms with Crippen molar-refractivity contribution in [1.29, 1.82) is 0 Å². The van der Waals surface area contributed by atoms with Gasteiger partial charge >= 0.3 is 0 Å². The van der Waals surface area contributed by atoms with Crippen molar-refractivity contribution in [3.63, 3.8) is 0 Å². The Morgan fingerprint density at radius 2 is 1.97 bits per heavy atom. The van der Waals surface area contributed by atoms with Gasteiger partial charge in [0.25, 0.3) is 5.91 Å². The number of benzene rings is 1. The van der Waals surface area contributed by atoms with Gasteiger partial charge in [-0.05, 0) is 55.9 Å². The number of hydrogen-bond donors (Lipinski definition) is 1. The standard InChI is InChI=1S/C23H23Cl2N5O/c1-11-8-12(2)22-21-16(20(27-13(3)28-21)18-6-7-26-29-18)10-19(11)30(22)23(31)15-5-4-14(24)9-17(15)25/h4-7,9,11-12,19,22H,8,10H2,1-3H3,(H,26,29). The number of aromatic nitrogens is 4. The fraction of sp³-hybridized carbons (Fsp3) is 0.391. The number of aromatic amines is 1. The molecule has 6 nitrogen and oxygen atoms in total. The van der Waals surface area contributed by atoms with Gasteiger partial charge in [0.2, 0.25) is 0 Å². The number of carbonyl (C=O) groups is 1. The van der Waals surface area contributed by atoms with Crippen LogP contribution < -0.4 is 0 Å². The molecule has 2 bridgehead atoms. The highest BCUT2D eigenvalue weighted by atomic mass is 35.5. The Balaban J connectivity index is 1.67. The van der Waals surface area contributed by atoms with Crippen molar-refractivity contribution >= 4 is 29.1 Å². The minimum absolute atomic E-state index is 0.0425. The quantitative estimate of drug-likeness (QED) is 0.571. The molecule has 2 aliphatic rings. The molecule has 4 atom stereocenters. The van der Waals surface area contributed by atoms with E-state index in [9.17, 15) is 4.79 Å². The maximum Gasteiger partial charge on any atom is 0.256 e. The van der Waals surface area contributed by atoms with Crippen LogP contribution in [0.3, 0.4) is 0 Å². The summed E-state index contributed by atoms with van der Waals surface area (Å²) < 4.78 is 0. The highest BCUT2D eigenvalue weighted by molar-refractivity contribution is 6.36. The molecular formula is C23H23Cl2N5O. The van der Waals surface area contributed by atoms with E-state index in [-0.39, 0.29) is 23.9 Å². The largest absolute Gasteiger partial charge is 0.326 e. The highest BCUT2D eigenvalue weighted by Crippen LogP contribution is 2.49. The molecule has 0 aliphatic carbocycles. The SMILES string of the molecule is Cc1nc(-c2ccn[nH]2)c2c(n1)C1C(C)CC(C)C(C2)N1C(=O)c1ccc(Cl)cc1Cl. The van der Waals surface area contributed by atoms with E-state index in [0.717, 1.165) is 29.1 Å². The van der Waals surface area contributed by atoms with Crippen LogP contribution in [0, 0.1) is 18.8 Å². The molecule has 1 aromatic carbocycles. The Kier molecular flexibility index (Phi) is 5.02. The van der Waals surface area contributed by atoms with E-state index in [1.54, 1.807) is 24.4 Å². The van der Waals surface area contributed by atoms with Gasteiger partial charge in [-0.1, -0.05) is 37.0 Å². The number of halogens is 2. The summed E-state index contributed by atoms with van der Waals surface area (Å²) in [5.41, 5.74) is 4.28. The maximum atomic E-state index is 13.8. The lowest BCUT2D eigenvalue weighted by Gasteiger charge is -2.52. The van der Waals surface area contributed by atoms with Crippen molar-refractivity contribution in [3.05, 3.63) is 63.2 Å². The molecule has 1 N–H and O–H groups in total. The van der Waals surface area contributed by atoms with Crippen LogP contribution in [-0.2, 0) is 6.42 Å². The van der Waals surface area contributed by atoms with Gasteiger partial charge in [-0.25, -0.2) is 9.97 Å². The van der Waals surface area contributed by atoms with Crippen LogP contribution in [0.25, 0.3) is 11.4 Å². The second-order valence-electron chi connectivity index (χ2n) is 8.70. The van der Waals surface area contributed by atoms with Crippen molar-refractivity contribution in [2.24, 2.45) is 11.8 Å². The molecular weight excluding hydrogens is 433 g/mol. The van der Waals surface area contributed by atoms with Gasteiger partial charge in [0, 0.05) is 22.8 Å². The molecule has 0 radical (unpaired) electrons. The number of piperidine rings is 1. The normalized spacial score (nSPS) is 24.7. The van der Waals surface area contributed by atoms with Gasteiger partial charge in [0.15, 0.2) is 0 Å². The van der Waals surface area contributed by atoms with E-state index < -0.39 is 0 Å². The Morgan fingerprint density at radius 3 is 2.68 bits per heavy atom. The van der Waals surface area contributed by atoms with Crippen LogP contribution in [0.4, 0.5) is 0 Å². The highest BCUT2D eigenvalue weighted by Gasteiger charge is 2.48. The van der Waals surface area contributed by atoms with E-state index in [1.165, 1.54) is 0 Å². The van der Waals surface area contributed by atoms with Crippen molar-refractivity contribution in [3.8, 4) is 11.4 Å². The van der Waals surface area contributed by atoms with Crippen LogP contribution in [0.5, 0.6) is 0 Å². The first-order chi connectivity index (χ1) is 14.8. The molecule has 0 saturated carbocycles. The molecule has 1 fully saturated rings. The molecule has 1 saturated heterocycles. The topological polar surface area (TPSA) is 74.8 Å². The monoisotopic (exact) mass is 455 g/mol. The van der Waals surface area contributed by atoms with E-state index >= 15 is 0 Å². The molecule has 8 heteroatoms. The summed E-state index contributed by atoms with van der Waals surface area (Å²) in [7, 11) is 0. The second kappa shape index (κ2) is 7.61. The summed E-state index contributed by atoms with van der Waals surface area (Å²) in [5.74, 6) is 1.21. The summed E-state index contributed by atoms with van der Waals surface area (Å²) in [6.45, 7) is 6.31. The number of H-pyrrole nitrogens is 1. The van der Waals surface area contributed by atoms with Crippen molar-refractivity contribution in [1.82, 2.24) is 25.1 Å². The zero-order valence-corrected chi connectivity index (χ0v) is 19.1. The Morgan fingerprint density at radius 1 is 1.16 bits per heavy atom. The van der Waals surface area contributed by atoms with Crippen LogP contribution in [0.1, 0.15) is 53.7 Å². The lowest BCUT2D eigenvalue weighted by Crippen LogP contribution is -2.56. The summed E-state index contributed by atoms with van der Waals surface area (Å²) in [5, 5.41) is 8.03. The minimum atomic E-state index is -0.132. The van der Waals surface area contributed by atoms with Crippen molar-refractivity contribution in [2.75, 3.05) is 0 Å². The van der Waals surface area contributed by atoms with Gasteiger partial charge in [-0.2, -0.15) is 5.10 Å². The molecule has 2 aromatic heterocycles. The maximum absolute atomic E-state index is 13.8. The van der Waals surface area contributed by atoms with E-state index in [1.807, 2.05) is 17.9 Å². The van der Waals surface area contributed by atoms with Gasteiger partial charge in [-0.15, -0.1) is 0 Å². The number of hydrogen-bond acceptors (Lipinski definition) is 4. The molecule has 3 aromatic rings. The van der Waals surface area contributed by atoms with E-state index in [2.05, 4.69) is 24.0 Å². The van der Waals surface area contributed by atoms with Gasteiger partial charge in [0.1, 0.15) is 5.82 Å². The molecule has 4 unspecified atom stereocenters. The third kappa shape index (κ3) is 3.33. The predicted octanol–water partition coefficient (Wildman–Crippen LogP) is 5.27. The number of carbonyl (C=O) groups excluding carboxylic acids is 1. The summed E-state index contributed by atoms with van der Waals surface area (Å²) >= 11 is 12.5. The number of amides is 1. The Hall–Kier alpha value is -2.44. The fourth-order valence-electron chi connectivity index (χ4n) is 5.29. The smallest absolute Gasteiger partial charge is 0.256 e. The number of nitrogens with zero attached hydrogens (tertiary/aromatic N) is 4. The second-order valence-corrected chi connectivity index (χ2v) is 9.54. The first-order valence-corrected chi connectivity index (χ1v) is 11.3. The average Bonchev–Trinajstić information content (AvgIpc) is 3.25. The average molecular weight is 456 g/mol. The molecule has 0 spiro atoms. The van der Waals surface area contributed by atoms with E-state index in [0.29, 0.717) is 33.8 Å². The molecule has 2 aliphatic heterocycles. The van der Waals surface area contributed by atoms with Crippen molar-refractivity contribution < 1.29 is 4.79 Å². The Labute approximate surface area is 191 Å². The number of rotatable bonds is 2. The number of fused-ring (bicyclic) bond motifs is 4. The van der Waals surface area contributed by atoms with Crippen LogP contribution in [0.2, 0.25) is 10.0 Å². The molecule has 31 heavy (non-hydrogen) atoms.